The van der Waals surface area contributed by atoms with E-state index in [2.05, 4.69) is 18.7 Å². The van der Waals surface area contributed by atoms with E-state index in [9.17, 15) is 0 Å². The number of rotatable bonds is 1. The summed E-state index contributed by atoms with van der Waals surface area (Å²) in [5.74, 6) is 0.564. The molecule has 0 spiro atoms. The second-order valence-corrected chi connectivity index (χ2v) is 2.66. The van der Waals surface area contributed by atoms with Gasteiger partial charge >= 0.3 is 0 Å². The zero-order chi connectivity index (χ0) is 6.27. The molecule has 0 amide bonds. The van der Waals surface area contributed by atoms with Crippen LogP contribution >= 0.6 is 0 Å². The van der Waals surface area contributed by atoms with Crippen LogP contribution in [-0.4, -0.2) is 12.2 Å². The van der Waals surface area contributed by atoms with Gasteiger partial charge in [0.25, 0.3) is 0 Å². The molecule has 1 fully saturated rings. The summed E-state index contributed by atoms with van der Waals surface area (Å²) >= 11 is 0. The molecule has 2 rings (SSSR count). The van der Waals surface area contributed by atoms with Crippen molar-refractivity contribution in [1.82, 2.24) is 0 Å². The Hall–Kier alpha value is -0.560. The van der Waals surface area contributed by atoms with Gasteiger partial charge < -0.3 is 4.74 Å². The van der Waals surface area contributed by atoms with Crippen molar-refractivity contribution in [2.24, 2.45) is 5.92 Å². The molecule has 1 heterocycles. The van der Waals surface area contributed by atoms with Crippen LogP contribution in [-0.2, 0) is 4.74 Å². The van der Waals surface area contributed by atoms with Gasteiger partial charge in [0.15, 0.2) is 0 Å². The van der Waals surface area contributed by atoms with Gasteiger partial charge in [-0.3, -0.25) is 0 Å². The number of epoxide rings is 1. The zero-order valence-electron chi connectivity index (χ0n) is 5.29. The van der Waals surface area contributed by atoms with E-state index in [1.54, 1.807) is 0 Å². The first kappa shape index (κ1) is 5.24. The minimum absolute atomic E-state index is 0.459. The second-order valence-electron chi connectivity index (χ2n) is 2.66. The van der Waals surface area contributed by atoms with E-state index in [4.69, 9.17) is 4.74 Å². The Labute approximate surface area is 55.0 Å². The summed E-state index contributed by atoms with van der Waals surface area (Å²) < 4.78 is 5.28. The van der Waals surface area contributed by atoms with Crippen LogP contribution in [0.4, 0.5) is 0 Å². The molecule has 48 valence electrons. The van der Waals surface area contributed by atoms with Crippen LogP contribution in [0.3, 0.4) is 0 Å². The summed E-state index contributed by atoms with van der Waals surface area (Å²) in [6.07, 6.45) is 8.43. The number of hydrogen-bond donors (Lipinski definition) is 0. The maximum Gasteiger partial charge on any atom is 0.102 e. The number of allylic oxidation sites excluding steroid dienone is 2. The third kappa shape index (κ3) is 0.815. The predicted octanol–water partition coefficient (Wildman–Crippen LogP) is 1.52. The lowest BCUT2D eigenvalue weighted by Crippen LogP contribution is -2.04. The van der Waals surface area contributed by atoms with Crippen molar-refractivity contribution in [2.75, 3.05) is 0 Å². The van der Waals surface area contributed by atoms with E-state index < -0.39 is 0 Å². The summed E-state index contributed by atoms with van der Waals surface area (Å²) in [7, 11) is 0. The fourth-order valence-corrected chi connectivity index (χ4v) is 1.29. The molecule has 9 heavy (non-hydrogen) atoms. The molecule has 3 atom stereocenters. The highest BCUT2D eigenvalue weighted by atomic mass is 16.6. The monoisotopic (exact) mass is 122 g/mol. The van der Waals surface area contributed by atoms with Crippen molar-refractivity contribution in [3.05, 3.63) is 24.8 Å². The topological polar surface area (TPSA) is 12.5 Å². The van der Waals surface area contributed by atoms with E-state index in [0.717, 1.165) is 6.42 Å². The van der Waals surface area contributed by atoms with Gasteiger partial charge in [0, 0.05) is 0 Å². The summed E-state index contributed by atoms with van der Waals surface area (Å²) in [6, 6.07) is 0. The van der Waals surface area contributed by atoms with Gasteiger partial charge in [0.1, 0.15) is 6.10 Å². The predicted molar refractivity (Wildman–Crippen MR) is 36.1 cm³/mol. The average molecular weight is 122 g/mol. The van der Waals surface area contributed by atoms with Crippen LogP contribution < -0.4 is 0 Å². The van der Waals surface area contributed by atoms with Crippen LogP contribution in [0.15, 0.2) is 24.8 Å². The molecule has 1 heteroatoms. The van der Waals surface area contributed by atoms with Gasteiger partial charge in [0.05, 0.1) is 6.10 Å². The SMILES string of the molecule is C=CC1C=CC2OC2C1. The Morgan fingerprint density at radius 2 is 2.44 bits per heavy atom. The zero-order valence-corrected chi connectivity index (χ0v) is 5.29. The average Bonchev–Trinajstić information content (AvgIpc) is 2.64. The van der Waals surface area contributed by atoms with Crippen molar-refractivity contribution < 1.29 is 4.74 Å². The molecular formula is C8H10O. The molecular weight excluding hydrogens is 112 g/mol. The van der Waals surface area contributed by atoms with E-state index in [1.165, 1.54) is 0 Å². The molecule has 0 aromatic carbocycles. The minimum Gasteiger partial charge on any atom is -0.365 e. The lowest BCUT2D eigenvalue weighted by Gasteiger charge is -2.06. The highest BCUT2D eigenvalue weighted by Gasteiger charge is 2.39. The summed E-state index contributed by atoms with van der Waals surface area (Å²) in [4.78, 5) is 0. The molecule has 1 aliphatic carbocycles. The second kappa shape index (κ2) is 1.71. The lowest BCUT2D eigenvalue weighted by atomic mass is 9.96. The maximum absolute atomic E-state index is 5.28. The summed E-state index contributed by atoms with van der Waals surface area (Å²) in [6.45, 7) is 3.73. The number of ether oxygens (including phenoxy) is 1. The lowest BCUT2D eigenvalue weighted by molar-refractivity contribution is 0.377. The van der Waals surface area contributed by atoms with Crippen LogP contribution in [0, 0.1) is 5.92 Å². The Bertz CT molecular complexity index is 160. The van der Waals surface area contributed by atoms with Gasteiger partial charge in [-0.1, -0.05) is 18.2 Å². The highest BCUT2D eigenvalue weighted by Crippen LogP contribution is 2.34. The van der Waals surface area contributed by atoms with Crippen LogP contribution in [0.5, 0.6) is 0 Å². The molecule has 1 saturated heterocycles. The normalized spacial score (nSPS) is 46.0. The molecule has 0 N–H and O–H groups in total. The van der Waals surface area contributed by atoms with Crippen LogP contribution in [0.2, 0.25) is 0 Å². The maximum atomic E-state index is 5.28. The first-order valence-corrected chi connectivity index (χ1v) is 3.36. The minimum atomic E-state index is 0.459. The quantitative estimate of drug-likeness (QED) is 0.379. The molecule has 0 aromatic heterocycles. The van der Waals surface area contributed by atoms with Gasteiger partial charge in [-0.15, -0.1) is 6.58 Å². The van der Waals surface area contributed by atoms with Crippen molar-refractivity contribution in [3.63, 3.8) is 0 Å². The highest BCUT2D eigenvalue weighted by molar-refractivity contribution is 5.14. The van der Waals surface area contributed by atoms with Gasteiger partial charge in [-0.2, -0.15) is 0 Å². The Morgan fingerprint density at radius 3 is 3.11 bits per heavy atom. The molecule has 0 bridgehead atoms. The fourth-order valence-electron chi connectivity index (χ4n) is 1.29. The Kier molecular flexibility index (Phi) is 0.995. The first-order chi connectivity index (χ1) is 4.40. The van der Waals surface area contributed by atoms with Crippen molar-refractivity contribution >= 4 is 0 Å². The molecule has 0 radical (unpaired) electrons. The van der Waals surface area contributed by atoms with Crippen molar-refractivity contribution in [1.29, 1.82) is 0 Å². The summed E-state index contributed by atoms with van der Waals surface area (Å²) in [5, 5.41) is 0. The smallest absolute Gasteiger partial charge is 0.102 e. The van der Waals surface area contributed by atoms with Gasteiger partial charge in [0.2, 0.25) is 0 Å². The van der Waals surface area contributed by atoms with E-state index >= 15 is 0 Å². The number of hydrogen-bond acceptors (Lipinski definition) is 1. The van der Waals surface area contributed by atoms with E-state index in [0.29, 0.717) is 18.1 Å². The molecule has 2 aliphatic rings. The largest absolute Gasteiger partial charge is 0.365 e. The van der Waals surface area contributed by atoms with E-state index in [1.807, 2.05) is 6.08 Å². The third-order valence-electron chi connectivity index (χ3n) is 1.98. The van der Waals surface area contributed by atoms with Crippen LogP contribution in [0.1, 0.15) is 6.42 Å². The molecule has 1 nitrogen and oxygen atoms in total. The standard InChI is InChI=1S/C8H10O/c1-2-6-3-4-7-8(5-6)9-7/h2-4,6-8H,1,5H2. The van der Waals surface area contributed by atoms with Crippen molar-refractivity contribution in [2.45, 2.75) is 18.6 Å². The van der Waals surface area contributed by atoms with Crippen molar-refractivity contribution in [3.8, 4) is 0 Å². The molecule has 0 saturated carbocycles. The first-order valence-electron chi connectivity index (χ1n) is 3.36. The fraction of sp³-hybridized carbons (Fsp3) is 0.500. The summed E-state index contributed by atoms with van der Waals surface area (Å²) in [5.41, 5.74) is 0. The van der Waals surface area contributed by atoms with E-state index in [-0.39, 0.29) is 0 Å². The Balaban J connectivity index is 2.08. The molecule has 1 aliphatic heterocycles. The van der Waals surface area contributed by atoms with Gasteiger partial charge in [-0.05, 0) is 12.3 Å². The Morgan fingerprint density at radius 1 is 1.56 bits per heavy atom. The van der Waals surface area contributed by atoms with Crippen LogP contribution in [0.25, 0.3) is 0 Å². The molecule has 3 unspecified atom stereocenters. The number of fused-ring (bicyclic) bond motifs is 1. The third-order valence-corrected chi connectivity index (χ3v) is 1.98. The molecule has 0 aromatic rings. The van der Waals surface area contributed by atoms with Gasteiger partial charge in [-0.25, -0.2) is 0 Å².